The number of anilines is 1. The lowest BCUT2D eigenvalue weighted by molar-refractivity contribution is 0.0920. The lowest BCUT2D eigenvalue weighted by Crippen LogP contribution is -2.34. The summed E-state index contributed by atoms with van der Waals surface area (Å²) in [6.45, 7) is 0.606. The number of allylic oxidation sites excluding steroid dienone is 10. The first kappa shape index (κ1) is 22.8. The zero-order chi connectivity index (χ0) is 23.0. The molecule has 7 heteroatoms. The summed E-state index contributed by atoms with van der Waals surface area (Å²) in [4.78, 5) is 26.7. The summed E-state index contributed by atoms with van der Waals surface area (Å²) in [5, 5.41) is 2.80. The Kier molecular flexibility index (Phi) is 7.60. The van der Waals surface area contributed by atoms with E-state index in [2.05, 4.69) is 29.6 Å². The van der Waals surface area contributed by atoms with Crippen molar-refractivity contribution >= 4 is 46.2 Å². The Morgan fingerprint density at radius 3 is 2.64 bits per heavy atom. The standard InChI is InChI=1S/C26H23ClN2O3S/c27-24-16-15-23(33-24)25(30)28-17-22-18-29(26(31)32-22)21-13-11-20(12-14-21)19-9-7-5-3-1-2-4-6-8-10-19/h1-5,7-16,22H,6,17-18H2,(H,28,30)/b3-1-,4-2-,7-5-,10-8?,19-9+/t22-/m0/s1. The van der Waals surface area contributed by atoms with E-state index in [9.17, 15) is 9.59 Å². The van der Waals surface area contributed by atoms with Gasteiger partial charge in [-0.15, -0.1) is 11.3 Å². The van der Waals surface area contributed by atoms with Crippen molar-refractivity contribution in [3.05, 3.63) is 106 Å². The summed E-state index contributed by atoms with van der Waals surface area (Å²) in [5.74, 6) is -0.228. The molecule has 2 aliphatic rings. The second kappa shape index (κ2) is 11.0. The second-order valence-electron chi connectivity index (χ2n) is 7.44. The minimum absolute atomic E-state index is 0.228. The molecule has 2 heterocycles. The number of amides is 2. The number of thiophene rings is 1. The number of rotatable bonds is 5. The zero-order valence-corrected chi connectivity index (χ0v) is 19.4. The number of nitrogens with zero attached hydrogens (tertiary/aromatic N) is 1. The van der Waals surface area contributed by atoms with Crippen molar-refractivity contribution < 1.29 is 14.3 Å². The van der Waals surface area contributed by atoms with Crippen molar-refractivity contribution in [3.8, 4) is 0 Å². The number of carbonyl (C=O) groups is 2. The van der Waals surface area contributed by atoms with Crippen LogP contribution in [-0.4, -0.2) is 31.2 Å². The van der Waals surface area contributed by atoms with Crippen LogP contribution in [0.3, 0.4) is 0 Å². The summed E-state index contributed by atoms with van der Waals surface area (Å²) in [7, 11) is 0. The minimum Gasteiger partial charge on any atom is -0.442 e. The third-order valence-corrected chi connectivity index (χ3v) is 6.33. The predicted molar refractivity (Wildman–Crippen MR) is 135 cm³/mol. The maximum Gasteiger partial charge on any atom is 0.414 e. The van der Waals surface area contributed by atoms with Crippen LogP contribution in [0.4, 0.5) is 10.5 Å². The summed E-state index contributed by atoms with van der Waals surface area (Å²) in [6.07, 6.45) is 18.4. The van der Waals surface area contributed by atoms with E-state index in [-0.39, 0.29) is 12.5 Å². The predicted octanol–water partition coefficient (Wildman–Crippen LogP) is 6.17. The van der Waals surface area contributed by atoms with Gasteiger partial charge in [-0.1, -0.05) is 78.4 Å². The molecule has 5 nitrogen and oxygen atoms in total. The first-order valence-electron chi connectivity index (χ1n) is 10.6. The van der Waals surface area contributed by atoms with Crippen LogP contribution in [0.5, 0.6) is 0 Å². The van der Waals surface area contributed by atoms with Crippen LogP contribution in [0.15, 0.2) is 91.1 Å². The Morgan fingerprint density at radius 1 is 1.06 bits per heavy atom. The third kappa shape index (κ3) is 6.12. The molecule has 4 rings (SSSR count). The van der Waals surface area contributed by atoms with Crippen LogP contribution in [-0.2, 0) is 4.74 Å². The van der Waals surface area contributed by atoms with Gasteiger partial charge in [0.1, 0.15) is 6.10 Å². The molecule has 0 spiro atoms. The van der Waals surface area contributed by atoms with Gasteiger partial charge in [0.15, 0.2) is 0 Å². The van der Waals surface area contributed by atoms with Gasteiger partial charge in [0, 0.05) is 5.69 Å². The molecule has 0 saturated carbocycles. The van der Waals surface area contributed by atoms with Gasteiger partial charge in [0.05, 0.1) is 22.3 Å². The van der Waals surface area contributed by atoms with Gasteiger partial charge in [-0.2, -0.15) is 0 Å². The van der Waals surface area contributed by atoms with Gasteiger partial charge in [-0.25, -0.2) is 4.79 Å². The maximum absolute atomic E-state index is 12.4. The van der Waals surface area contributed by atoms with Crippen molar-refractivity contribution in [1.82, 2.24) is 5.32 Å². The molecule has 2 aromatic rings. The number of benzene rings is 1. The molecule has 1 aliphatic carbocycles. The van der Waals surface area contributed by atoms with Crippen LogP contribution in [0, 0.1) is 0 Å². The Morgan fingerprint density at radius 2 is 1.85 bits per heavy atom. The Hall–Kier alpha value is -3.35. The zero-order valence-electron chi connectivity index (χ0n) is 17.8. The molecule has 1 aromatic heterocycles. The van der Waals surface area contributed by atoms with Crippen molar-refractivity contribution in [3.63, 3.8) is 0 Å². The van der Waals surface area contributed by atoms with Crippen molar-refractivity contribution in [2.24, 2.45) is 0 Å². The van der Waals surface area contributed by atoms with Crippen LogP contribution >= 0.6 is 22.9 Å². The first-order valence-corrected chi connectivity index (χ1v) is 11.8. The van der Waals surface area contributed by atoms with E-state index in [1.165, 1.54) is 11.3 Å². The number of ether oxygens (including phenoxy) is 1. The number of halogens is 1. The summed E-state index contributed by atoms with van der Waals surface area (Å²) >= 11 is 7.09. The molecule has 0 bridgehead atoms. The monoisotopic (exact) mass is 478 g/mol. The molecule has 1 fully saturated rings. The van der Waals surface area contributed by atoms with Gasteiger partial charge in [-0.05, 0) is 41.8 Å². The number of nitrogens with one attached hydrogen (secondary N) is 1. The largest absolute Gasteiger partial charge is 0.442 e. The molecule has 1 saturated heterocycles. The van der Waals surface area contributed by atoms with Crippen molar-refractivity contribution in [2.75, 3.05) is 18.0 Å². The van der Waals surface area contributed by atoms with Gasteiger partial charge in [0.25, 0.3) is 5.91 Å². The van der Waals surface area contributed by atoms with Crippen molar-refractivity contribution in [2.45, 2.75) is 12.5 Å². The average Bonchev–Trinajstić information content (AvgIpc) is 3.40. The van der Waals surface area contributed by atoms with Crippen LogP contribution in [0.25, 0.3) is 5.57 Å². The van der Waals surface area contributed by atoms with E-state index in [4.69, 9.17) is 16.3 Å². The second-order valence-corrected chi connectivity index (χ2v) is 9.15. The summed E-state index contributed by atoms with van der Waals surface area (Å²) in [6, 6.07) is 11.2. The van der Waals surface area contributed by atoms with Crippen LogP contribution in [0.1, 0.15) is 21.7 Å². The number of hydrogen-bond donors (Lipinski definition) is 1. The highest BCUT2D eigenvalue weighted by molar-refractivity contribution is 7.18. The molecule has 1 atom stereocenters. The fourth-order valence-electron chi connectivity index (χ4n) is 3.43. The van der Waals surface area contributed by atoms with E-state index in [1.807, 2.05) is 54.6 Å². The highest BCUT2D eigenvalue weighted by Gasteiger charge is 2.32. The highest BCUT2D eigenvalue weighted by Crippen LogP contribution is 2.25. The van der Waals surface area contributed by atoms with Gasteiger partial charge < -0.3 is 10.1 Å². The van der Waals surface area contributed by atoms with E-state index in [0.717, 1.165) is 23.2 Å². The Balaban J connectivity index is 1.39. The molecule has 1 aliphatic heterocycles. The first-order chi connectivity index (χ1) is 16.1. The van der Waals surface area contributed by atoms with E-state index >= 15 is 0 Å². The molecule has 1 aromatic carbocycles. The molecule has 2 amide bonds. The maximum atomic E-state index is 12.4. The molecule has 168 valence electrons. The molecule has 0 unspecified atom stereocenters. The van der Waals surface area contributed by atoms with E-state index in [1.54, 1.807) is 17.0 Å². The lowest BCUT2D eigenvalue weighted by Gasteiger charge is -2.14. The Bertz CT molecular complexity index is 1160. The van der Waals surface area contributed by atoms with Gasteiger partial charge in [0.2, 0.25) is 0 Å². The molecular weight excluding hydrogens is 456 g/mol. The normalized spacial score (nSPS) is 22.6. The number of cyclic esters (lactones) is 1. The number of carbonyl (C=O) groups excluding carboxylic acids is 2. The topological polar surface area (TPSA) is 58.6 Å². The highest BCUT2D eigenvalue weighted by atomic mass is 35.5. The molecule has 1 N–H and O–H groups in total. The van der Waals surface area contributed by atoms with Crippen LogP contribution < -0.4 is 10.2 Å². The Labute approximate surface area is 202 Å². The fraction of sp³-hybridized carbons (Fsp3) is 0.154. The third-order valence-electron chi connectivity index (χ3n) is 5.10. The SMILES string of the molecule is O=C(NC[C@H]1CN(c2ccc(/C3=C/C=C\C=C/C=C\CC=C3)cc2)C(=O)O1)c1ccc(Cl)s1. The molecular formula is C26H23ClN2O3S. The smallest absolute Gasteiger partial charge is 0.414 e. The molecule has 0 radical (unpaired) electrons. The molecule has 33 heavy (non-hydrogen) atoms. The van der Waals surface area contributed by atoms with Crippen molar-refractivity contribution in [1.29, 1.82) is 0 Å². The van der Waals surface area contributed by atoms with E-state index in [0.29, 0.717) is 15.8 Å². The van der Waals surface area contributed by atoms with Crippen LogP contribution in [0.2, 0.25) is 4.34 Å². The fourth-order valence-corrected chi connectivity index (χ4v) is 4.39. The van der Waals surface area contributed by atoms with E-state index < -0.39 is 12.2 Å². The van der Waals surface area contributed by atoms with Gasteiger partial charge in [-0.3, -0.25) is 9.69 Å². The summed E-state index contributed by atoms with van der Waals surface area (Å²) < 4.78 is 5.99. The van der Waals surface area contributed by atoms with Gasteiger partial charge >= 0.3 is 6.09 Å². The number of hydrogen-bond acceptors (Lipinski definition) is 4. The average molecular weight is 479 g/mol. The lowest BCUT2D eigenvalue weighted by atomic mass is 10.0. The summed E-state index contributed by atoms with van der Waals surface area (Å²) in [5.41, 5.74) is 2.89. The quantitative estimate of drug-likeness (QED) is 0.559. The minimum atomic E-state index is -0.421.